The van der Waals surface area contributed by atoms with E-state index in [0.717, 1.165) is 10.9 Å². The molecule has 0 radical (unpaired) electrons. The van der Waals surface area contributed by atoms with Gasteiger partial charge in [-0.15, -0.1) is 0 Å². The smallest absolute Gasteiger partial charge is 0.387 e. The van der Waals surface area contributed by atoms with Crippen molar-refractivity contribution in [3.63, 3.8) is 0 Å². The molecule has 19 heavy (non-hydrogen) atoms. The predicted octanol–water partition coefficient (Wildman–Crippen LogP) is 3.83. The van der Waals surface area contributed by atoms with Crippen molar-refractivity contribution in [2.24, 2.45) is 0 Å². The van der Waals surface area contributed by atoms with Crippen LogP contribution in [0.15, 0.2) is 22.7 Å². The topological polar surface area (TPSA) is 45.0 Å². The molecule has 0 saturated carbocycles. The van der Waals surface area contributed by atoms with Crippen LogP contribution in [0.3, 0.4) is 0 Å². The number of benzene rings is 1. The minimum Gasteiger partial charge on any atom is -0.434 e. The Hall–Kier alpha value is -1.19. The van der Waals surface area contributed by atoms with Crippen molar-refractivity contribution in [2.45, 2.75) is 39.0 Å². The minimum absolute atomic E-state index is 0.0448. The van der Waals surface area contributed by atoms with E-state index >= 15 is 0 Å². The Labute approximate surface area is 119 Å². The van der Waals surface area contributed by atoms with E-state index in [4.69, 9.17) is 5.26 Å². The fourth-order valence-corrected chi connectivity index (χ4v) is 2.03. The van der Waals surface area contributed by atoms with Gasteiger partial charge in [0.25, 0.3) is 0 Å². The van der Waals surface area contributed by atoms with Gasteiger partial charge in [-0.1, -0.05) is 22.9 Å². The second-order valence-corrected chi connectivity index (χ2v) is 4.89. The van der Waals surface area contributed by atoms with Crippen LogP contribution in [0.4, 0.5) is 8.78 Å². The molecule has 1 aromatic rings. The van der Waals surface area contributed by atoms with Gasteiger partial charge in [0.1, 0.15) is 5.75 Å². The first kappa shape index (κ1) is 15.9. The summed E-state index contributed by atoms with van der Waals surface area (Å²) in [5.74, 6) is 0.150. The molecule has 0 bridgehead atoms. The molecule has 1 aromatic carbocycles. The van der Waals surface area contributed by atoms with Crippen molar-refractivity contribution in [2.75, 3.05) is 0 Å². The average molecular weight is 333 g/mol. The summed E-state index contributed by atoms with van der Waals surface area (Å²) in [6.45, 7) is -0.505. The number of halogens is 3. The number of hydrogen-bond acceptors (Lipinski definition) is 3. The SMILES string of the molecule is CCC(CC#N)NCc1cc(Br)ccc1OC(F)F. The Morgan fingerprint density at radius 3 is 2.79 bits per heavy atom. The van der Waals surface area contributed by atoms with Gasteiger partial charge in [0.15, 0.2) is 0 Å². The molecular formula is C13H15BrF2N2O. The molecule has 3 nitrogen and oxygen atoms in total. The van der Waals surface area contributed by atoms with Crippen LogP contribution < -0.4 is 10.1 Å². The highest BCUT2D eigenvalue weighted by molar-refractivity contribution is 9.10. The summed E-state index contributed by atoms with van der Waals surface area (Å²) < 4.78 is 29.8. The number of nitriles is 1. The molecule has 104 valence electrons. The molecular weight excluding hydrogens is 318 g/mol. The van der Waals surface area contributed by atoms with Crippen molar-refractivity contribution in [1.29, 1.82) is 5.26 Å². The highest BCUT2D eigenvalue weighted by Gasteiger charge is 2.12. The van der Waals surface area contributed by atoms with Gasteiger partial charge in [-0.2, -0.15) is 14.0 Å². The van der Waals surface area contributed by atoms with E-state index < -0.39 is 6.61 Å². The number of nitrogens with zero attached hydrogens (tertiary/aromatic N) is 1. The quantitative estimate of drug-likeness (QED) is 0.825. The first-order valence-corrected chi connectivity index (χ1v) is 6.69. The molecule has 0 aliphatic carbocycles. The van der Waals surface area contributed by atoms with E-state index in [9.17, 15) is 8.78 Å². The number of nitrogens with one attached hydrogen (secondary N) is 1. The fraction of sp³-hybridized carbons (Fsp3) is 0.462. The lowest BCUT2D eigenvalue weighted by molar-refractivity contribution is -0.0505. The summed E-state index contributed by atoms with van der Waals surface area (Å²) >= 11 is 3.29. The number of ether oxygens (including phenoxy) is 1. The van der Waals surface area contributed by atoms with Crippen molar-refractivity contribution < 1.29 is 13.5 Å². The first-order valence-electron chi connectivity index (χ1n) is 5.90. The molecule has 1 N–H and O–H groups in total. The second kappa shape index (κ2) is 8.08. The third-order valence-corrected chi connectivity index (χ3v) is 3.14. The molecule has 6 heteroatoms. The zero-order valence-corrected chi connectivity index (χ0v) is 12.1. The van der Waals surface area contributed by atoms with Crippen LogP contribution in [-0.2, 0) is 6.54 Å². The minimum atomic E-state index is -2.85. The van der Waals surface area contributed by atoms with Crippen molar-refractivity contribution in [1.82, 2.24) is 5.32 Å². The molecule has 0 spiro atoms. The lowest BCUT2D eigenvalue weighted by Crippen LogP contribution is -2.27. The molecule has 0 heterocycles. The van der Waals surface area contributed by atoms with Crippen LogP contribution in [0.1, 0.15) is 25.3 Å². The molecule has 1 unspecified atom stereocenters. The number of hydrogen-bond donors (Lipinski definition) is 1. The number of rotatable bonds is 7. The molecule has 1 atom stereocenters. The highest BCUT2D eigenvalue weighted by Crippen LogP contribution is 2.25. The van der Waals surface area contributed by atoms with Crippen LogP contribution in [0.2, 0.25) is 0 Å². The maximum Gasteiger partial charge on any atom is 0.387 e. The van der Waals surface area contributed by atoms with Crippen LogP contribution in [0.5, 0.6) is 5.75 Å². The fourth-order valence-electron chi connectivity index (χ4n) is 1.62. The molecule has 0 amide bonds. The second-order valence-electron chi connectivity index (χ2n) is 3.98. The summed E-state index contributed by atoms with van der Waals surface area (Å²) in [6.07, 6.45) is 1.18. The van der Waals surface area contributed by atoms with Crippen molar-refractivity contribution in [3.05, 3.63) is 28.2 Å². The van der Waals surface area contributed by atoms with Gasteiger partial charge >= 0.3 is 6.61 Å². The zero-order chi connectivity index (χ0) is 14.3. The third-order valence-electron chi connectivity index (χ3n) is 2.65. The predicted molar refractivity (Wildman–Crippen MR) is 71.9 cm³/mol. The molecule has 1 rings (SSSR count). The summed E-state index contributed by atoms with van der Waals surface area (Å²) in [7, 11) is 0. The molecule has 0 fully saturated rings. The Bertz CT molecular complexity index is 449. The highest BCUT2D eigenvalue weighted by atomic mass is 79.9. The van der Waals surface area contributed by atoms with Gasteiger partial charge in [0.2, 0.25) is 0 Å². The summed E-state index contributed by atoms with van der Waals surface area (Å²) in [4.78, 5) is 0. The van der Waals surface area contributed by atoms with Crippen LogP contribution in [0, 0.1) is 11.3 Å². The van der Waals surface area contributed by atoms with Gasteiger partial charge in [0, 0.05) is 22.6 Å². The monoisotopic (exact) mass is 332 g/mol. The molecule has 0 aliphatic rings. The van der Waals surface area contributed by atoms with Crippen LogP contribution in [0.25, 0.3) is 0 Å². The van der Waals surface area contributed by atoms with E-state index in [1.807, 2.05) is 6.92 Å². The van der Waals surface area contributed by atoms with Gasteiger partial charge in [-0.05, 0) is 24.6 Å². The van der Waals surface area contributed by atoms with Gasteiger partial charge in [-0.25, -0.2) is 0 Å². The zero-order valence-electron chi connectivity index (χ0n) is 10.5. The standard InChI is InChI=1S/C13H15BrF2N2O/c1-2-11(5-6-17)18-8-9-7-10(14)3-4-12(9)19-13(15)16/h3-4,7,11,13,18H,2,5,8H2,1H3. The van der Waals surface area contributed by atoms with E-state index in [1.54, 1.807) is 12.1 Å². The third kappa shape index (κ3) is 5.53. The van der Waals surface area contributed by atoms with Gasteiger partial charge < -0.3 is 10.1 Å². The maximum absolute atomic E-state index is 12.3. The summed E-state index contributed by atoms with van der Waals surface area (Å²) in [5.41, 5.74) is 0.631. The van der Waals surface area contributed by atoms with Gasteiger partial charge in [0.05, 0.1) is 12.5 Å². The lowest BCUT2D eigenvalue weighted by Gasteiger charge is -2.16. The van der Waals surface area contributed by atoms with Gasteiger partial charge in [-0.3, -0.25) is 0 Å². The largest absolute Gasteiger partial charge is 0.434 e. The van der Waals surface area contributed by atoms with E-state index in [-0.39, 0.29) is 11.8 Å². The molecule has 0 aliphatic heterocycles. The molecule has 0 aromatic heterocycles. The summed E-state index contributed by atoms with van der Waals surface area (Å²) in [6, 6.07) is 7.01. The normalized spacial score (nSPS) is 12.2. The van der Waals surface area contributed by atoms with Crippen LogP contribution in [-0.4, -0.2) is 12.7 Å². The Kier molecular flexibility index (Phi) is 6.74. The average Bonchev–Trinajstić information content (AvgIpc) is 2.36. The first-order chi connectivity index (χ1) is 9.06. The van der Waals surface area contributed by atoms with E-state index in [1.165, 1.54) is 6.07 Å². The number of alkyl halides is 2. The van der Waals surface area contributed by atoms with Crippen molar-refractivity contribution in [3.8, 4) is 11.8 Å². The Morgan fingerprint density at radius 2 is 2.21 bits per heavy atom. The van der Waals surface area contributed by atoms with Crippen molar-refractivity contribution >= 4 is 15.9 Å². The Morgan fingerprint density at radius 1 is 1.47 bits per heavy atom. The Balaban J connectivity index is 2.75. The maximum atomic E-state index is 12.3. The summed E-state index contributed by atoms with van der Waals surface area (Å²) in [5, 5.41) is 11.8. The lowest BCUT2D eigenvalue weighted by atomic mass is 10.1. The van der Waals surface area contributed by atoms with E-state index in [0.29, 0.717) is 18.5 Å². The van der Waals surface area contributed by atoms with E-state index in [2.05, 4.69) is 32.1 Å². The molecule has 0 saturated heterocycles. The van der Waals surface area contributed by atoms with Crippen LogP contribution >= 0.6 is 15.9 Å².